The van der Waals surface area contributed by atoms with Crippen molar-refractivity contribution in [1.29, 1.82) is 0 Å². The maximum Gasteiger partial charge on any atom is 0.233 e. The van der Waals surface area contributed by atoms with Gasteiger partial charge >= 0.3 is 0 Å². The number of halogens is 1. The van der Waals surface area contributed by atoms with Gasteiger partial charge in [-0.05, 0) is 53.2 Å². The molecule has 1 unspecified atom stereocenters. The molecule has 7 nitrogen and oxygen atoms in total. The number of nitrogens with zero attached hydrogens (tertiary/aromatic N) is 4. The molecular formula is C17H16ClN5O2S. The summed E-state index contributed by atoms with van der Waals surface area (Å²) in [6, 6.07) is 13.8. The minimum atomic E-state index is -0.403. The van der Waals surface area contributed by atoms with E-state index in [9.17, 15) is 9.90 Å². The lowest BCUT2D eigenvalue weighted by Gasteiger charge is -2.12. The monoisotopic (exact) mass is 389 g/mol. The number of rotatable bonds is 6. The third-order valence-electron chi connectivity index (χ3n) is 3.60. The van der Waals surface area contributed by atoms with Gasteiger partial charge in [0.1, 0.15) is 5.75 Å². The van der Waals surface area contributed by atoms with Gasteiger partial charge in [0.05, 0.1) is 10.9 Å². The molecule has 0 saturated heterocycles. The largest absolute Gasteiger partial charge is 0.508 e. The van der Waals surface area contributed by atoms with E-state index in [1.807, 2.05) is 18.2 Å². The van der Waals surface area contributed by atoms with Crippen LogP contribution in [0.2, 0.25) is 5.02 Å². The van der Waals surface area contributed by atoms with Gasteiger partial charge in [0.2, 0.25) is 11.1 Å². The second-order valence-corrected chi connectivity index (χ2v) is 7.17. The predicted molar refractivity (Wildman–Crippen MR) is 99.4 cm³/mol. The smallest absolute Gasteiger partial charge is 0.233 e. The molecule has 0 aliphatic heterocycles. The summed E-state index contributed by atoms with van der Waals surface area (Å²) in [6.45, 7) is 2.13. The van der Waals surface area contributed by atoms with E-state index in [1.165, 1.54) is 16.4 Å². The number of tetrazole rings is 1. The van der Waals surface area contributed by atoms with Crippen LogP contribution in [0.1, 0.15) is 12.5 Å². The summed E-state index contributed by atoms with van der Waals surface area (Å²) in [7, 11) is 0. The number of hydrogen-bond donors (Lipinski definition) is 2. The van der Waals surface area contributed by atoms with Crippen molar-refractivity contribution in [2.75, 3.05) is 0 Å². The van der Waals surface area contributed by atoms with Crippen LogP contribution in [-0.4, -0.2) is 36.5 Å². The number of aromatic nitrogens is 4. The molecule has 9 heteroatoms. The van der Waals surface area contributed by atoms with Gasteiger partial charge in [0.15, 0.2) is 0 Å². The number of amides is 1. The molecule has 0 bridgehead atoms. The third-order valence-corrected chi connectivity index (χ3v) is 5.00. The summed E-state index contributed by atoms with van der Waals surface area (Å²) in [5, 5.41) is 24.5. The highest BCUT2D eigenvalue weighted by atomic mass is 35.5. The maximum absolute atomic E-state index is 12.4. The van der Waals surface area contributed by atoms with Crippen molar-refractivity contribution in [3.8, 4) is 11.4 Å². The first kappa shape index (κ1) is 18.2. The van der Waals surface area contributed by atoms with Crippen molar-refractivity contribution < 1.29 is 9.90 Å². The van der Waals surface area contributed by atoms with Crippen molar-refractivity contribution in [3.63, 3.8) is 0 Å². The molecule has 134 valence electrons. The van der Waals surface area contributed by atoms with E-state index < -0.39 is 5.25 Å². The summed E-state index contributed by atoms with van der Waals surface area (Å²) < 4.78 is 1.52. The average Bonchev–Trinajstić information content (AvgIpc) is 3.09. The van der Waals surface area contributed by atoms with Gasteiger partial charge in [-0.3, -0.25) is 4.79 Å². The van der Waals surface area contributed by atoms with Crippen LogP contribution in [-0.2, 0) is 11.3 Å². The van der Waals surface area contributed by atoms with Crippen molar-refractivity contribution in [1.82, 2.24) is 25.5 Å². The van der Waals surface area contributed by atoms with Crippen LogP contribution < -0.4 is 5.32 Å². The normalized spacial score (nSPS) is 11.9. The zero-order chi connectivity index (χ0) is 18.5. The highest BCUT2D eigenvalue weighted by molar-refractivity contribution is 8.00. The Balaban J connectivity index is 1.64. The molecule has 1 amide bonds. The predicted octanol–water partition coefficient (Wildman–Crippen LogP) is 2.82. The molecular weight excluding hydrogens is 374 g/mol. The van der Waals surface area contributed by atoms with E-state index in [1.54, 1.807) is 37.3 Å². The average molecular weight is 390 g/mol. The van der Waals surface area contributed by atoms with Gasteiger partial charge in [-0.15, -0.1) is 5.10 Å². The quantitative estimate of drug-likeness (QED) is 0.630. The highest BCUT2D eigenvalue weighted by Gasteiger charge is 2.19. The number of nitrogens with one attached hydrogen (secondary N) is 1. The molecule has 2 N–H and O–H groups in total. The third kappa shape index (κ3) is 4.33. The standard InChI is InChI=1S/C17H16ClN5O2S/c1-11(16(25)19-10-12-4-2-3-5-15(12)18)26-17-20-21-22-23(17)13-6-8-14(24)9-7-13/h2-9,11,24H,10H2,1H3,(H,19,25). The van der Waals surface area contributed by atoms with E-state index >= 15 is 0 Å². The number of carbonyl (C=O) groups is 1. The Morgan fingerprint density at radius 1 is 1.27 bits per heavy atom. The van der Waals surface area contributed by atoms with E-state index in [0.717, 1.165) is 5.56 Å². The Kier molecular flexibility index (Phi) is 5.75. The minimum absolute atomic E-state index is 0.143. The summed E-state index contributed by atoms with van der Waals surface area (Å²) in [5.74, 6) is 0.0125. The number of benzene rings is 2. The maximum atomic E-state index is 12.4. The van der Waals surface area contributed by atoms with Gasteiger partial charge in [0, 0.05) is 11.6 Å². The molecule has 3 rings (SSSR count). The van der Waals surface area contributed by atoms with E-state index in [-0.39, 0.29) is 11.7 Å². The Morgan fingerprint density at radius 3 is 2.73 bits per heavy atom. The van der Waals surface area contributed by atoms with Crippen LogP contribution in [0.4, 0.5) is 0 Å². The SMILES string of the molecule is CC(Sc1nnnn1-c1ccc(O)cc1)C(=O)NCc1ccccc1Cl. The first-order valence-corrected chi connectivity index (χ1v) is 9.06. The van der Waals surface area contributed by atoms with Crippen molar-refractivity contribution in [2.24, 2.45) is 0 Å². The number of aromatic hydroxyl groups is 1. The second-order valence-electron chi connectivity index (χ2n) is 5.46. The van der Waals surface area contributed by atoms with Crippen molar-refractivity contribution in [3.05, 3.63) is 59.1 Å². The van der Waals surface area contributed by atoms with Gasteiger partial charge in [0.25, 0.3) is 0 Å². The minimum Gasteiger partial charge on any atom is -0.508 e. The Labute approximate surface area is 159 Å². The molecule has 1 aromatic heterocycles. The van der Waals surface area contributed by atoms with Crippen LogP contribution in [0, 0.1) is 0 Å². The summed E-state index contributed by atoms with van der Waals surface area (Å²) >= 11 is 7.34. The molecule has 0 fully saturated rings. The molecule has 2 aromatic carbocycles. The van der Waals surface area contributed by atoms with Crippen LogP contribution in [0.15, 0.2) is 53.7 Å². The molecule has 1 heterocycles. The van der Waals surface area contributed by atoms with Gasteiger partial charge in [-0.25, -0.2) is 0 Å². The van der Waals surface area contributed by atoms with E-state index in [2.05, 4.69) is 20.8 Å². The number of carbonyl (C=O) groups excluding carboxylic acids is 1. The zero-order valence-electron chi connectivity index (χ0n) is 13.8. The number of hydrogen-bond acceptors (Lipinski definition) is 6. The first-order valence-electron chi connectivity index (χ1n) is 7.80. The Bertz CT molecular complexity index is 900. The van der Waals surface area contributed by atoms with Gasteiger partial charge in [-0.2, -0.15) is 4.68 Å². The fourth-order valence-electron chi connectivity index (χ4n) is 2.19. The number of thioether (sulfide) groups is 1. The van der Waals surface area contributed by atoms with Gasteiger partial charge < -0.3 is 10.4 Å². The fraction of sp³-hybridized carbons (Fsp3) is 0.176. The van der Waals surface area contributed by atoms with Crippen LogP contribution in [0.3, 0.4) is 0 Å². The molecule has 1 atom stereocenters. The zero-order valence-corrected chi connectivity index (χ0v) is 15.4. The Morgan fingerprint density at radius 2 is 2.00 bits per heavy atom. The van der Waals surface area contributed by atoms with Crippen LogP contribution in [0.25, 0.3) is 5.69 Å². The molecule has 3 aromatic rings. The number of phenolic OH excluding ortho intramolecular Hbond substituents is 1. The summed E-state index contributed by atoms with van der Waals surface area (Å²) in [6.07, 6.45) is 0. The molecule has 0 saturated carbocycles. The van der Waals surface area contributed by atoms with E-state index in [4.69, 9.17) is 11.6 Å². The van der Waals surface area contributed by atoms with Crippen LogP contribution in [0.5, 0.6) is 5.75 Å². The molecule has 26 heavy (non-hydrogen) atoms. The van der Waals surface area contributed by atoms with Crippen LogP contribution >= 0.6 is 23.4 Å². The lowest BCUT2D eigenvalue weighted by atomic mass is 10.2. The topological polar surface area (TPSA) is 92.9 Å². The lowest BCUT2D eigenvalue weighted by molar-refractivity contribution is -0.120. The highest BCUT2D eigenvalue weighted by Crippen LogP contribution is 2.24. The fourth-order valence-corrected chi connectivity index (χ4v) is 3.22. The molecule has 0 spiro atoms. The van der Waals surface area contributed by atoms with E-state index in [0.29, 0.717) is 22.4 Å². The van der Waals surface area contributed by atoms with Gasteiger partial charge in [-0.1, -0.05) is 41.6 Å². The lowest BCUT2D eigenvalue weighted by Crippen LogP contribution is -2.30. The first-order chi connectivity index (χ1) is 12.5. The number of phenols is 1. The molecule has 0 aliphatic carbocycles. The van der Waals surface area contributed by atoms with Crippen molar-refractivity contribution in [2.45, 2.75) is 23.9 Å². The second kappa shape index (κ2) is 8.20. The Hall–Kier alpha value is -2.58. The van der Waals surface area contributed by atoms with Crippen molar-refractivity contribution >= 4 is 29.3 Å². The molecule has 0 radical (unpaired) electrons. The molecule has 0 aliphatic rings. The summed E-state index contributed by atoms with van der Waals surface area (Å²) in [5.41, 5.74) is 1.55. The summed E-state index contributed by atoms with van der Waals surface area (Å²) in [4.78, 5) is 12.4.